The van der Waals surface area contributed by atoms with Crippen molar-refractivity contribution in [3.63, 3.8) is 0 Å². The Morgan fingerprint density at radius 3 is 2.67 bits per heavy atom. The molecule has 15 heavy (non-hydrogen) atoms. The Morgan fingerprint density at radius 1 is 1.47 bits per heavy atom. The van der Waals surface area contributed by atoms with Crippen molar-refractivity contribution >= 4 is 0 Å². The predicted molar refractivity (Wildman–Crippen MR) is 61.6 cm³/mol. The van der Waals surface area contributed by atoms with E-state index in [0.717, 1.165) is 18.8 Å². The second-order valence-electron chi connectivity index (χ2n) is 4.98. The fourth-order valence-electron chi connectivity index (χ4n) is 1.29. The molecule has 1 aromatic rings. The van der Waals surface area contributed by atoms with Gasteiger partial charge in [-0.3, -0.25) is 0 Å². The molecule has 0 aromatic carbocycles. The zero-order chi connectivity index (χ0) is 11.5. The Morgan fingerprint density at radius 2 is 2.13 bits per heavy atom. The topological polar surface area (TPSA) is 42.7 Å². The van der Waals surface area contributed by atoms with Gasteiger partial charge in [0.1, 0.15) is 12.2 Å². The van der Waals surface area contributed by atoms with Crippen molar-refractivity contribution in [3.8, 4) is 0 Å². The van der Waals surface area contributed by atoms with Crippen LogP contribution in [0, 0.1) is 0 Å². The van der Waals surface area contributed by atoms with Crippen LogP contribution in [0.15, 0.2) is 6.33 Å². The average Bonchev–Trinajstić information content (AvgIpc) is 2.60. The molecule has 4 heteroatoms. The van der Waals surface area contributed by atoms with E-state index in [9.17, 15) is 0 Å². The van der Waals surface area contributed by atoms with Crippen LogP contribution in [0.1, 0.15) is 52.9 Å². The molecule has 0 saturated carbocycles. The van der Waals surface area contributed by atoms with Crippen molar-refractivity contribution in [2.45, 2.75) is 59.2 Å². The molecule has 0 amide bonds. The van der Waals surface area contributed by atoms with Crippen molar-refractivity contribution in [1.29, 1.82) is 0 Å². The Bertz CT molecular complexity index is 298. The minimum absolute atomic E-state index is 0.117. The summed E-state index contributed by atoms with van der Waals surface area (Å²) in [5, 5.41) is 7.67. The van der Waals surface area contributed by atoms with Crippen LogP contribution in [-0.4, -0.2) is 20.3 Å². The minimum Gasteiger partial charge on any atom is -0.305 e. The van der Waals surface area contributed by atoms with Crippen molar-refractivity contribution < 1.29 is 0 Å². The number of nitrogens with zero attached hydrogens (tertiary/aromatic N) is 3. The number of hydrogen-bond donors (Lipinski definition) is 1. The summed E-state index contributed by atoms with van der Waals surface area (Å²) in [6.45, 7) is 11.5. The molecule has 1 rings (SSSR count). The van der Waals surface area contributed by atoms with Crippen LogP contribution in [0.5, 0.6) is 0 Å². The van der Waals surface area contributed by atoms with Gasteiger partial charge in [0.05, 0.1) is 12.6 Å². The maximum atomic E-state index is 4.28. The number of hydrogen-bond acceptors (Lipinski definition) is 3. The van der Waals surface area contributed by atoms with Crippen LogP contribution < -0.4 is 5.32 Å². The Balaban J connectivity index is 2.65. The van der Waals surface area contributed by atoms with Crippen molar-refractivity contribution in [1.82, 2.24) is 20.1 Å². The molecule has 0 aliphatic carbocycles. The molecule has 0 aliphatic rings. The first-order valence-corrected chi connectivity index (χ1v) is 5.57. The number of nitrogens with one attached hydrogen (secondary N) is 1. The van der Waals surface area contributed by atoms with Gasteiger partial charge < -0.3 is 5.32 Å². The molecule has 1 unspecified atom stereocenters. The fourth-order valence-corrected chi connectivity index (χ4v) is 1.29. The van der Waals surface area contributed by atoms with Gasteiger partial charge in [0.25, 0.3) is 0 Å². The highest BCUT2D eigenvalue weighted by atomic mass is 15.4. The highest BCUT2D eigenvalue weighted by Crippen LogP contribution is 2.11. The molecule has 0 saturated heterocycles. The standard InChI is InChI=1S/C11H22N4/c1-6-9(2)15-10(12-8-14-15)7-13-11(3,4)5/h8-9,13H,6-7H2,1-5H3. The predicted octanol–water partition coefficient (Wildman–Crippen LogP) is 2.14. The van der Waals surface area contributed by atoms with Gasteiger partial charge in [-0.1, -0.05) is 6.92 Å². The van der Waals surface area contributed by atoms with E-state index in [2.05, 4.69) is 50.0 Å². The summed E-state index contributed by atoms with van der Waals surface area (Å²) in [4.78, 5) is 4.28. The average molecular weight is 210 g/mol. The van der Waals surface area contributed by atoms with Gasteiger partial charge in [-0.15, -0.1) is 0 Å². The molecule has 0 spiro atoms. The fraction of sp³-hybridized carbons (Fsp3) is 0.818. The third-order valence-electron chi connectivity index (χ3n) is 2.43. The SMILES string of the molecule is CCC(C)n1ncnc1CNC(C)(C)C. The lowest BCUT2D eigenvalue weighted by atomic mass is 10.1. The lowest BCUT2D eigenvalue weighted by Gasteiger charge is -2.21. The van der Waals surface area contributed by atoms with E-state index in [1.165, 1.54) is 0 Å². The van der Waals surface area contributed by atoms with Crippen molar-refractivity contribution in [2.24, 2.45) is 0 Å². The normalized spacial score (nSPS) is 14.2. The summed E-state index contributed by atoms with van der Waals surface area (Å²) in [6.07, 6.45) is 2.71. The third-order valence-corrected chi connectivity index (χ3v) is 2.43. The molecule has 1 N–H and O–H groups in total. The van der Waals surface area contributed by atoms with Crippen molar-refractivity contribution in [2.75, 3.05) is 0 Å². The first-order valence-electron chi connectivity index (χ1n) is 5.57. The lowest BCUT2D eigenvalue weighted by molar-refractivity contribution is 0.391. The smallest absolute Gasteiger partial charge is 0.141 e. The first kappa shape index (κ1) is 12.2. The summed E-state index contributed by atoms with van der Waals surface area (Å²) in [7, 11) is 0. The second kappa shape index (κ2) is 4.75. The molecule has 86 valence electrons. The molecule has 1 heterocycles. The summed E-state index contributed by atoms with van der Waals surface area (Å²) >= 11 is 0. The zero-order valence-corrected chi connectivity index (χ0v) is 10.4. The maximum Gasteiger partial charge on any atom is 0.141 e. The molecular weight excluding hydrogens is 188 g/mol. The van der Waals surface area contributed by atoms with Crippen LogP contribution in [-0.2, 0) is 6.54 Å². The van der Waals surface area contributed by atoms with E-state index in [0.29, 0.717) is 6.04 Å². The van der Waals surface area contributed by atoms with Gasteiger partial charge >= 0.3 is 0 Å². The van der Waals surface area contributed by atoms with Crippen LogP contribution in [0.3, 0.4) is 0 Å². The van der Waals surface area contributed by atoms with Gasteiger partial charge in [0, 0.05) is 5.54 Å². The molecule has 1 aromatic heterocycles. The van der Waals surface area contributed by atoms with E-state index < -0.39 is 0 Å². The highest BCUT2D eigenvalue weighted by Gasteiger charge is 2.13. The van der Waals surface area contributed by atoms with Gasteiger partial charge in [-0.05, 0) is 34.1 Å². The molecule has 0 radical (unpaired) electrons. The minimum atomic E-state index is 0.117. The van der Waals surface area contributed by atoms with Crippen LogP contribution in [0.25, 0.3) is 0 Å². The van der Waals surface area contributed by atoms with E-state index in [4.69, 9.17) is 0 Å². The van der Waals surface area contributed by atoms with E-state index in [1.807, 2.05) is 4.68 Å². The van der Waals surface area contributed by atoms with E-state index in [-0.39, 0.29) is 5.54 Å². The van der Waals surface area contributed by atoms with Crippen LogP contribution >= 0.6 is 0 Å². The largest absolute Gasteiger partial charge is 0.305 e. The van der Waals surface area contributed by atoms with E-state index in [1.54, 1.807) is 6.33 Å². The van der Waals surface area contributed by atoms with Gasteiger partial charge in [-0.25, -0.2) is 9.67 Å². The molecule has 0 aliphatic heterocycles. The molecule has 0 fully saturated rings. The second-order valence-corrected chi connectivity index (χ2v) is 4.98. The molecular formula is C11H22N4. The lowest BCUT2D eigenvalue weighted by Crippen LogP contribution is -2.36. The third kappa shape index (κ3) is 3.63. The van der Waals surface area contributed by atoms with Gasteiger partial charge in [0.2, 0.25) is 0 Å². The first-order chi connectivity index (χ1) is 6.94. The summed E-state index contributed by atoms with van der Waals surface area (Å²) in [6, 6.07) is 0.421. The number of rotatable bonds is 4. The van der Waals surface area contributed by atoms with Gasteiger partial charge in [0.15, 0.2) is 0 Å². The molecule has 1 atom stereocenters. The summed E-state index contributed by atoms with van der Waals surface area (Å²) < 4.78 is 2.00. The maximum absolute atomic E-state index is 4.28. The monoisotopic (exact) mass is 210 g/mol. The Labute approximate surface area is 92.1 Å². The quantitative estimate of drug-likeness (QED) is 0.828. The van der Waals surface area contributed by atoms with Crippen LogP contribution in [0.4, 0.5) is 0 Å². The number of aromatic nitrogens is 3. The highest BCUT2D eigenvalue weighted by molar-refractivity contribution is 4.88. The van der Waals surface area contributed by atoms with Gasteiger partial charge in [-0.2, -0.15) is 5.10 Å². The Kier molecular flexibility index (Phi) is 3.85. The van der Waals surface area contributed by atoms with E-state index >= 15 is 0 Å². The zero-order valence-electron chi connectivity index (χ0n) is 10.4. The van der Waals surface area contributed by atoms with Crippen molar-refractivity contribution in [3.05, 3.63) is 12.2 Å². The van der Waals surface area contributed by atoms with Crippen LogP contribution in [0.2, 0.25) is 0 Å². The Hall–Kier alpha value is -0.900. The summed E-state index contributed by atoms with van der Waals surface area (Å²) in [5.74, 6) is 1.01. The molecule has 0 bridgehead atoms. The molecule has 4 nitrogen and oxygen atoms in total. The summed E-state index contributed by atoms with van der Waals surface area (Å²) in [5.41, 5.74) is 0.117.